The van der Waals surface area contributed by atoms with Crippen LogP contribution < -0.4 is 5.32 Å². The second kappa shape index (κ2) is 9.33. The summed E-state index contributed by atoms with van der Waals surface area (Å²) in [5.74, 6) is 2.21. The maximum absolute atomic E-state index is 12.9. The predicted octanol–water partition coefficient (Wildman–Crippen LogP) is 5.08. The van der Waals surface area contributed by atoms with Crippen molar-refractivity contribution in [3.8, 4) is 11.3 Å². The summed E-state index contributed by atoms with van der Waals surface area (Å²) in [6, 6.07) is 12.2. The van der Waals surface area contributed by atoms with Crippen LogP contribution in [0.4, 0.5) is 0 Å². The molecule has 5 rings (SSSR count). The topological polar surface area (TPSA) is 71.5 Å². The van der Waals surface area contributed by atoms with E-state index in [1.165, 1.54) is 43.2 Å². The molecule has 168 valence electrons. The zero-order valence-corrected chi connectivity index (χ0v) is 18.7. The first-order valence-corrected chi connectivity index (χ1v) is 11.8. The first-order valence-electron chi connectivity index (χ1n) is 11.8. The molecule has 1 saturated heterocycles. The van der Waals surface area contributed by atoms with Crippen LogP contribution in [0.15, 0.2) is 45.3 Å². The van der Waals surface area contributed by atoms with Crippen LogP contribution in [0.1, 0.15) is 71.3 Å². The van der Waals surface area contributed by atoms with Gasteiger partial charge in [-0.05, 0) is 87.9 Å². The monoisotopic (exact) mass is 433 g/mol. The number of aryl methyl sites for hydroxylation is 3. The lowest BCUT2D eigenvalue weighted by molar-refractivity contribution is 0.0905. The molecule has 1 aromatic carbocycles. The highest BCUT2D eigenvalue weighted by molar-refractivity contribution is 5.93. The molecule has 32 heavy (non-hydrogen) atoms. The van der Waals surface area contributed by atoms with Gasteiger partial charge >= 0.3 is 0 Å². The SMILES string of the molecule is Cc1ccc([C@@H](CNC(=O)c2cc(-c3ccc4c(c3)CCCC4)on2)N2CCCCC2)o1. The van der Waals surface area contributed by atoms with Gasteiger partial charge in [0.05, 0.1) is 6.04 Å². The summed E-state index contributed by atoms with van der Waals surface area (Å²) in [7, 11) is 0. The van der Waals surface area contributed by atoms with Gasteiger partial charge in [0.15, 0.2) is 11.5 Å². The minimum absolute atomic E-state index is 0.0277. The molecule has 3 heterocycles. The fourth-order valence-electron chi connectivity index (χ4n) is 4.96. The van der Waals surface area contributed by atoms with Crippen molar-refractivity contribution < 1.29 is 13.7 Å². The van der Waals surface area contributed by atoms with E-state index in [1.54, 1.807) is 6.07 Å². The number of fused-ring (bicyclic) bond motifs is 1. The molecule has 1 atom stereocenters. The average Bonchev–Trinajstić information content (AvgIpc) is 3.49. The second-order valence-electron chi connectivity index (χ2n) is 9.04. The predicted molar refractivity (Wildman–Crippen MR) is 123 cm³/mol. The average molecular weight is 434 g/mol. The molecule has 0 saturated carbocycles. The number of likely N-dealkylation sites (tertiary alicyclic amines) is 1. The van der Waals surface area contributed by atoms with Crippen molar-refractivity contribution in [2.45, 2.75) is 57.9 Å². The van der Waals surface area contributed by atoms with Crippen molar-refractivity contribution in [1.29, 1.82) is 0 Å². The third-order valence-corrected chi connectivity index (χ3v) is 6.75. The fraction of sp³-hybridized carbons (Fsp3) is 0.462. The quantitative estimate of drug-likeness (QED) is 0.587. The minimum Gasteiger partial charge on any atom is -0.465 e. The molecule has 0 radical (unpaired) electrons. The van der Waals surface area contributed by atoms with Crippen LogP contribution in [0, 0.1) is 6.92 Å². The van der Waals surface area contributed by atoms with Gasteiger partial charge in [0.2, 0.25) is 0 Å². The van der Waals surface area contributed by atoms with Crippen LogP contribution in [0.2, 0.25) is 0 Å². The highest BCUT2D eigenvalue weighted by Crippen LogP contribution is 2.29. The van der Waals surface area contributed by atoms with Crippen LogP contribution in [-0.2, 0) is 12.8 Å². The number of aromatic nitrogens is 1. The zero-order chi connectivity index (χ0) is 21.9. The number of benzene rings is 1. The summed E-state index contributed by atoms with van der Waals surface area (Å²) in [6.45, 7) is 4.47. The number of nitrogens with one attached hydrogen (secondary N) is 1. The largest absolute Gasteiger partial charge is 0.465 e. The number of carbonyl (C=O) groups is 1. The van der Waals surface area contributed by atoms with Crippen LogP contribution in [-0.4, -0.2) is 35.6 Å². The van der Waals surface area contributed by atoms with E-state index in [0.717, 1.165) is 43.0 Å². The number of piperidine rings is 1. The van der Waals surface area contributed by atoms with Crippen LogP contribution in [0.5, 0.6) is 0 Å². The van der Waals surface area contributed by atoms with E-state index in [-0.39, 0.29) is 11.9 Å². The van der Waals surface area contributed by atoms with Crippen molar-refractivity contribution >= 4 is 5.91 Å². The molecule has 0 unspecified atom stereocenters. The number of nitrogens with zero attached hydrogens (tertiary/aromatic N) is 2. The Labute approximate surface area is 189 Å². The molecule has 1 aliphatic heterocycles. The summed E-state index contributed by atoms with van der Waals surface area (Å²) in [5.41, 5.74) is 4.10. The van der Waals surface area contributed by atoms with Gasteiger partial charge in [-0.15, -0.1) is 0 Å². The lowest BCUT2D eigenvalue weighted by Crippen LogP contribution is -2.40. The number of hydrogen-bond donors (Lipinski definition) is 1. The van der Waals surface area contributed by atoms with E-state index in [1.807, 2.05) is 19.1 Å². The number of carbonyl (C=O) groups excluding carboxylic acids is 1. The third-order valence-electron chi connectivity index (χ3n) is 6.75. The molecule has 1 fully saturated rings. The van der Waals surface area contributed by atoms with Crippen molar-refractivity contribution in [3.05, 3.63) is 64.7 Å². The number of furan rings is 1. The van der Waals surface area contributed by atoms with Crippen molar-refractivity contribution in [2.24, 2.45) is 0 Å². The van der Waals surface area contributed by atoms with Gasteiger partial charge in [-0.25, -0.2) is 0 Å². The Morgan fingerprint density at radius 1 is 1.03 bits per heavy atom. The summed E-state index contributed by atoms with van der Waals surface area (Å²) >= 11 is 0. The van der Waals surface area contributed by atoms with Gasteiger partial charge in [-0.2, -0.15) is 0 Å². The highest BCUT2D eigenvalue weighted by atomic mass is 16.5. The molecular weight excluding hydrogens is 402 g/mol. The number of hydrogen-bond acceptors (Lipinski definition) is 5. The van der Waals surface area contributed by atoms with Gasteiger partial charge in [0.1, 0.15) is 11.5 Å². The lowest BCUT2D eigenvalue weighted by atomic mass is 9.90. The Balaban J connectivity index is 1.28. The first-order chi connectivity index (χ1) is 15.7. The van der Waals surface area contributed by atoms with E-state index in [0.29, 0.717) is 18.0 Å². The summed E-state index contributed by atoms with van der Waals surface area (Å²) in [6.07, 6.45) is 8.36. The van der Waals surface area contributed by atoms with Gasteiger partial charge in [-0.3, -0.25) is 9.69 Å². The Bertz CT molecular complexity index is 1080. The molecule has 2 aromatic heterocycles. The lowest BCUT2D eigenvalue weighted by Gasteiger charge is -2.33. The highest BCUT2D eigenvalue weighted by Gasteiger charge is 2.26. The van der Waals surface area contributed by atoms with Gasteiger partial charge in [0, 0.05) is 18.2 Å². The number of amides is 1. The molecule has 6 nitrogen and oxygen atoms in total. The van der Waals surface area contributed by atoms with Crippen LogP contribution in [0.3, 0.4) is 0 Å². The molecule has 1 aliphatic carbocycles. The fourth-order valence-corrected chi connectivity index (χ4v) is 4.96. The first kappa shape index (κ1) is 21.0. The second-order valence-corrected chi connectivity index (χ2v) is 9.04. The van der Waals surface area contributed by atoms with Crippen LogP contribution in [0.25, 0.3) is 11.3 Å². The zero-order valence-electron chi connectivity index (χ0n) is 18.7. The molecule has 1 N–H and O–H groups in total. The van der Waals surface area contributed by atoms with Crippen molar-refractivity contribution in [3.63, 3.8) is 0 Å². The molecule has 2 aliphatic rings. The molecule has 0 spiro atoms. The van der Waals surface area contributed by atoms with Gasteiger partial charge < -0.3 is 14.3 Å². The number of rotatable bonds is 6. The van der Waals surface area contributed by atoms with Gasteiger partial charge in [0.25, 0.3) is 5.91 Å². The van der Waals surface area contributed by atoms with Crippen LogP contribution >= 0.6 is 0 Å². The molecule has 1 amide bonds. The van der Waals surface area contributed by atoms with E-state index in [4.69, 9.17) is 8.94 Å². The normalized spacial score (nSPS) is 17.7. The minimum atomic E-state index is -0.219. The van der Waals surface area contributed by atoms with Gasteiger partial charge in [-0.1, -0.05) is 23.7 Å². The Morgan fingerprint density at radius 2 is 1.84 bits per heavy atom. The third kappa shape index (κ3) is 4.51. The Morgan fingerprint density at radius 3 is 2.62 bits per heavy atom. The maximum atomic E-state index is 12.9. The van der Waals surface area contributed by atoms with Crippen molar-refractivity contribution in [1.82, 2.24) is 15.4 Å². The van der Waals surface area contributed by atoms with E-state index < -0.39 is 0 Å². The van der Waals surface area contributed by atoms with E-state index >= 15 is 0 Å². The summed E-state index contributed by atoms with van der Waals surface area (Å²) in [5, 5.41) is 7.10. The molecule has 6 heteroatoms. The maximum Gasteiger partial charge on any atom is 0.273 e. The molecular formula is C26H31N3O3. The van der Waals surface area contributed by atoms with Crippen molar-refractivity contribution in [2.75, 3.05) is 19.6 Å². The Kier molecular flexibility index (Phi) is 6.12. The van der Waals surface area contributed by atoms with E-state index in [9.17, 15) is 4.79 Å². The molecule has 3 aromatic rings. The van der Waals surface area contributed by atoms with E-state index in [2.05, 4.69) is 33.6 Å². The molecule has 0 bridgehead atoms. The summed E-state index contributed by atoms with van der Waals surface area (Å²) in [4.78, 5) is 15.3. The smallest absolute Gasteiger partial charge is 0.273 e. The summed E-state index contributed by atoms with van der Waals surface area (Å²) < 4.78 is 11.5. The Hall–Kier alpha value is -2.86. The standard InChI is InChI=1S/C26H31N3O3/c1-18-9-12-24(31-18)23(29-13-5-2-6-14-29)17-27-26(30)22-16-25(32-28-22)21-11-10-19-7-3-4-8-20(19)15-21/h9-12,15-16,23H,2-8,13-14,17H2,1H3,(H,27,30)/t23-/m1/s1.